The van der Waals surface area contributed by atoms with E-state index in [9.17, 15) is 0 Å². The highest BCUT2D eigenvalue weighted by atomic mass is 35.5. The van der Waals surface area contributed by atoms with Gasteiger partial charge in [-0.05, 0) is 47.2 Å². The molecular formula is C22H24ClN3S2. The summed E-state index contributed by atoms with van der Waals surface area (Å²) in [6, 6.07) is 15.7. The summed E-state index contributed by atoms with van der Waals surface area (Å²) in [4.78, 5) is 6.09. The lowest BCUT2D eigenvalue weighted by molar-refractivity contribution is 0.261. The lowest BCUT2D eigenvalue weighted by atomic mass is 10.1. The Kier molecular flexibility index (Phi) is 5.88. The molecule has 146 valence electrons. The van der Waals surface area contributed by atoms with Crippen LogP contribution in [0, 0.1) is 0 Å². The monoisotopic (exact) mass is 429 g/mol. The number of fused-ring (bicyclic) bond motifs is 2. The van der Waals surface area contributed by atoms with Gasteiger partial charge in [0.1, 0.15) is 0 Å². The van der Waals surface area contributed by atoms with Crippen molar-refractivity contribution in [2.45, 2.75) is 12.8 Å². The lowest BCUT2D eigenvalue weighted by Gasteiger charge is -2.36. The average molecular weight is 430 g/mol. The van der Waals surface area contributed by atoms with E-state index in [0.29, 0.717) is 0 Å². The molecule has 1 fully saturated rings. The molecule has 6 heteroatoms. The summed E-state index contributed by atoms with van der Waals surface area (Å²) in [5.41, 5.74) is 5.37. The maximum Gasteiger partial charge on any atom is 0.0842 e. The van der Waals surface area contributed by atoms with Crippen molar-refractivity contribution in [2.24, 2.45) is 0 Å². The van der Waals surface area contributed by atoms with Crippen molar-refractivity contribution in [3.8, 4) is 0 Å². The first-order chi connectivity index (χ1) is 13.3. The molecule has 3 heterocycles. The maximum atomic E-state index is 5.29. The summed E-state index contributed by atoms with van der Waals surface area (Å²) < 4.78 is 1.39. The van der Waals surface area contributed by atoms with Gasteiger partial charge in [0, 0.05) is 60.6 Å². The zero-order valence-electron chi connectivity index (χ0n) is 15.7. The van der Waals surface area contributed by atoms with Crippen LogP contribution in [0.1, 0.15) is 11.1 Å². The summed E-state index contributed by atoms with van der Waals surface area (Å²) in [5, 5.41) is 6.88. The second-order valence-electron chi connectivity index (χ2n) is 7.40. The quantitative estimate of drug-likeness (QED) is 0.589. The summed E-state index contributed by atoms with van der Waals surface area (Å²) in [5.74, 6) is 0. The van der Waals surface area contributed by atoms with Gasteiger partial charge in [-0.25, -0.2) is 0 Å². The third kappa shape index (κ3) is 3.90. The summed E-state index contributed by atoms with van der Waals surface area (Å²) in [6.45, 7) is 5.62. The van der Waals surface area contributed by atoms with Crippen LogP contribution in [0.4, 0.5) is 11.4 Å². The average Bonchev–Trinajstić information content (AvgIpc) is 3.31. The van der Waals surface area contributed by atoms with E-state index < -0.39 is 0 Å². The molecule has 1 N–H and O–H groups in total. The Balaban J connectivity index is 0.00000192. The molecule has 5 rings (SSSR count). The Labute approximate surface area is 181 Å². The predicted molar refractivity (Wildman–Crippen MR) is 128 cm³/mol. The molecule has 2 aliphatic rings. The summed E-state index contributed by atoms with van der Waals surface area (Å²) >= 11 is 7.12. The van der Waals surface area contributed by atoms with E-state index in [-0.39, 0.29) is 12.4 Å². The van der Waals surface area contributed by atoms with Crippen molar-refractivity contribution in [3.05, 3.63) is 59.0 Å². The van der Waals surface area contributed by atoms with Crippen LogP contribution in [0.3, 0.4) is 0 Å². The van der Waals surface area contributed by atoms with Gasteiger partial charge >= 0.3 is 0 Å². The fourth-order valence-corrected chi connectivity index (χ4v) is 5.26. The highest BCUT2D eigenvalue weighted by Crippen LogP contribution is 2.31. The van der Waals surface area contributed by atoms with Crippen molar-refractivity contribution < 1.29 is 0 Å². The molecule has 1 aromatic heterocycles. The minimum atomic E-state index is 0. The van der Waals surface area contributed by atoms with Crippen LogP contribution in [0.15, 0.2) is 47.8 Å². The Morgan fingerprint density at radius 2 is 1.89 bits per heavy atom. The second kappa shape index (κ2) is 8.37. The van der Waals surface area contributed by atoms with Crippen LogP contribution in [-0.4, -0.2) is 42.6 Å². The van der Waals surface area contributed by atoms with E-state index in [4.69, 9.17) is 12.2 Å². The Bertz CT molecular complexity index is 992. The number of nitrogens with one attached hydrogen (secondary N) is 1. The van der Waals surface area contributed by atoms with Crippen LogP contribution < -0.4 is 10.2 Å². The van der Waals surface area contributed by atoms with Crippen molar-refractivity contribution in [2.75, 3.05) is 42.9 Å². The van der Waals surface area contributed by atoms with Crippen LogP contribution in [0.25, 0.3) is 10.1 Å². The van der Waals surface area contributed by atoms with Gasteiger partial charge in [0.25, 0.3) is 0 Å². The van der Waals surface area contributed by atoms with Gasteiger partial charge in [0.15, 0.2) is 0 Å². The third-order valence-electron chi connectivity index (χ3n) is 5.70. The van der Waals surface area contributed by atoms with Crippen LogP contribution in [0.5, 0.6) is 0 Å². The molecule has 0 bridgehead atoms. The predicted octanol–water partition coefficient (Wildman–Crippen LogP) is 4.98. The number of halogens is 1. The Morgan fingerprint density at radius 1 is 1.04 bits per heavy atom. The smallest absolute Gasteiger partial charge is 0.0842 e. The van der Waals surface area contributed by atoms with E-state index in [2.05, 4.69) is 63.0 Å². The van der Waals surface area contributed by atoms with E-state index in [1.807, 2.05) is 11.3 Å². The fraction of sp³-hybridized carbons (Fsp3) is 0.318. The molecule has 2 aromatic carbocycles. The molecule has 3 nitrogen and oxygen atoms in total. The van der Waals surface area contributed by atoms with Crippen molar-refractivity contribution >= 4 is 62.4 Å². The highest BCUT2D eigenvalue weighted by molar-refractivity contribution is 7.80. The molecule has 28 heavy (non-hydrogen) atoms. The minimum absolute atomic E-state index is 0. The number of hydrogen-bond acceptors (Lipinski definition) is 4. The maximum absolute atomic E-state index is 5.29. The topological polar surface area (TPSA) is 18.5 Å². The molecule has 0 atom stereocenters. The molecule has 0 saturated carbocycles. The summed E-state index contributed by atoms with van der Waals surface area (Å²) in [6.07, 6.45) is 2.01. The molecule has 3 aromatic rings. The number of piperazine rings is 1. The first-order valence-electron chi connectivity index (χ1n) is 9.61. The zero-order valence-corrected chi connectivity index (χ0v) is 18.1. The molecule has 0 amide bonds. The SMILES string of the molecule is Cl.S=C1Cc2cc(CCN3CCN(c4cccc5sccc45)CC3)ccc2N1. The third-order valence-corrected chi connectivity index (χ3v) is 6.83. The second-order valence-corrected chi connectivity index (χ2v) is 8.85. The molecule has 2 aliphatic heterocycles. The standard InChI is InChI=1S/C22H23N3S2.ClH/c26-22-15-17-14-16(4-5-19(17)23-22)6-8-24-9-11-25(12-10-24)20-2-1-3-21-18(20)7-13-27-21;/h1-5,7,13-14H,6,8-12,15H2,(H,23,26);1H. The number of rotatable bonds is 4. The van der Waals surface area contributed by atoms with Crippen molar-refractivity contribution in [3.63, 3.8) is 0 Å². The largest absolute Gasteiger partial charge is 0.368 e. The van der Waals surface area contributed by atoms with Crippen LogP contribution in [0.2, 0.25) is 0 Å². The molecule has 0 radical (unpaired) electrons. The minimum Gasteiger partial charge on any atom is -0.368 e. The number of anilines is 2. The van der Waals surface area contributed by atoms with Crippen molar-refractivity contribution in [1.29, 1.82) is 0 Å². The van der Waals surface area contributed by atoms with Crippen molar-refractivity contribution in [1.82, 2.24) is 4.90 Å². The van der Waals surface area contributed by atoms with Gasteiger partial charge in [-0.15, -0.1) is 23.7 Å². The normalized spacial score (nSPS) is 16.7. The first kappa shape index (κ1) is 19.6. The number of nitrogens with zero attached hydrogens (tertiary/aromatic N) is 2. The lowest BCUT2D eigenvalue weighted by Crippen LogP contribution is -2.47. The van der Waals surface area contributed by atoms with Gasteiger partial charge in [0.05, 0.1) is 4.99 Å². The number of hydrogen-bond donors (Lipinski definition) is 1. The van der Waals surface area contributed by atoms with Gasteiger partial charge < -0.3 is 10.2 Å². The van der Waals surface area contributed by atoms with E-state index >= 15 is 0 Å². The highest BCUT2D eigenvalue weighted by Gasteiger charge is 2.19. The summed E-state index contributed by atoms with van der Waals surface area (Å²) in [7, 11) is 0. The van der Waals surface area contributed by atoms with E-state index in [1.54, 1.807) is 0 Å². The molecule has 0 spiro atoms. The Hall–Kier alpha value is -1.66. The Morgan fingerprint density at radius 3 is 2.75 bits per heavy atom. The zero-order chi connectivity index (χ0) is 18.2. The van der Waals surface area contributed by atoms with Gasteiger partial charge in [0.2, 0.25) is 0 Å². The first-order valence-corrected chi connectivity index (χ1v) is 10.9. The number of thiocarbonyl (C=S) groups is 1. The molecule has 1 saturated heterocycles. The van der Waals surface area contributed by atoms with Crippen LogP contribution in [-0.2, 0) is 12.8 Å². The van der Waals surface area contributed by atoms with Gasteiger partial charge in [-0.2, -0.15) is 0 Å². The van der Waals surface area contributed by atoms with E-state index in [1.165, 1.54) is 32.6 Å². The van der Waals surface area contributed by atoms with Gasteiger partial charge in [-0.3, -0.25) is 4.90 Å². The molecule has 0 unspecified atom stereocenters. The molecule has 0 aliphatic carbocycles. The van der Waals surface area contributed by atoms with Crippen LogP contribution >= 0.6 is 36.0 Å². The molecular weight excluding hydrogens is 406 g/mol. The number of thiophene rings is 1. The van der Waals surface area contributed by atoms with Gasteiger partial charge in [-0.1, -0.05) is 30.4 Å². The van der Waals surface area contributed by atoms with E-state index in [0.717, 1.165) is 50.6 Å². The fourth-order valence-electron chi connectivity index (χ4n) is 4.19. The number of benzene rings is 2.